The maximum Gasteiger partial charge on any atom is 0.407 e. The van der Waals surface area contributed by atoms with E-state index in [2.05, 4.69) is 17.4 Å². The molecule has 1 aromatic rings. The van der Waals surface area contributed by atoms with Crippen molar-refractivity contribution in [2.24, 2.45) is 0 Å². The zero-order chi connectivity index (χ0) is 9.97. The zero-order valence-electron chi connectivity index (χ0n) is 8.07. The van der Waals surface area contributed by atoms with E-state index in [1.54, 1.807) is 0 Å². The predicted octanol–water partition coefficient (Wildman–Crippen LogP) is 1.73. The standard InChI is InChI=1S/C11H13NO2/c1-8-10(12-11(13)14-8)7-9-5-3-2-4-6-9/h2-6,8,10H,7H2,1H3,(H,12,13). The summed E-state index contributed by atoms with van der Waals surface area (Å²) in [5.41, 5.74) is 1.22. The zero-order valence-corrected chi connectivity index (χ0v) is 8.07. The number of carbonyl (C=O) groups excluding carboxylic acids is 1. The molecule has 3 heteroatoms. The van der Waals surface area contributed by atoms with Crippen molar-refractivity contribution >= 4 is 6.09 Å². The molecule has 0 bridgehead atoms. The molecule has 3 nitrogen and oxygen atoms in total. The topological polar surface area (TPSA) is 38.3 Å². The molecule has 0 aliphatic carbocycles. The van der Waals surface area contributed by atoms with Crippen LogP contribution in [0.4, 0.5) is 4.79 Å². The minimum absolute atomic E-state index is 0.0392. The van der Waals surface area contributed by atoms with Gasteiger partial charge in [0.1, 0.15) is 6.10 Å². The number of hydrogen-bond donors (Lipinski definition) is 1. The van der Waals surface area contributed by atoms with Gasteiger partial charge in [0.05, 0.1) is 6.04 Å². The number of rotatable bonds is 2. The summed E-state index contributed by atoms with van der Waals surface area (Å²) < 4.78 is 5.00. The molecule has 0 radical (unpaired) electrons. The maximum atomic E-state index is 10.9. The summed E-state index contributed by atoms with van der Waals surface area (Å²) in [6, 6.07) is 10.2. The Morgan fingerprint density at radius 3 is 2.64 bits per heavy atom. The van der Waals surface area contributed by atoms with Gasteiger partial charge >= 0.3 is 6.09 Å². The highest BCUT2D eigenvalue weighted by molar-refractivity contribution is 5.70. The van der Waals surface area contributed by atoms with Crippen LogP contribution in [0, 0.1) is 0 Å². The lowest BCUT2D eigenvalue weighted by Crippen LogP contribution is -2.32. The summed E-state index contributed by atoms with van der Waals surface area (Å²) in [6.45, 7) is 1.91. The Morgan fingerprint density at radius 1 is 1.36 bits per heavy atom. The maximum absolute atomic E-state index is 10.9. The molecule has 0 aromatic heterocycles. The van der Waals surface area contributed by atoms with Crippen LogP contribution in [0.1, 0.15) is 12.5 Å². The van der Waals surface area contributed by atoms with E-state index in [0.29, 0.717) is 0 Å². The Morgan fingerprint density at radius 2 is 2.07 bits per heavy atom. The number of nitrogens with one attached hydrogen (secondary N) is 1. The van der Waals surface area contributed by atoms with Crippen molar-refractivity contribution in [3.8, 4) is 0 Å². The summed E-state index contributed by atoms with van der Waals surface area (Å²) in [6.07, 6.45) is 0.481. The van der Waals surface area contributed by atoms with Crippen molar-refractivity contribution in [2.75, 3.05) is 0 Å². The lowest BCUT2D eigenvalue weighted by Gasteiger charge is -2.11. The molecule has 0 saturated carbocycles. The minimum atomic E-state index is -0.307. The van der Waals surface area contributed by atoms with E-state index in [4.69, 9.17) is 4.74 Å². The highest BCUT2D eigenvalue weighted by atomic mass is 16.6. The normalized spacial score (nSPS) is 25.6. The van der Waals surface area contributed by atoms with Gasteiger partial charge in [0.2, 0.25) is 0 Å². The molecule has 2 unspecified atom stereocenters. The Labute approximate surface area is 83.1 Å². The van der Waals surface area contributed by atoms with Gasteiger partial charge in [-0.2, -0.15) is 0 Å². The van der Waals surface area contributed by atoms with Gasteiger partial charge in [-0.25, -0.2) is 4.79 Å². The van der Waals surface area contributed by atoms with Crippen LogP contribution < -0.4 is 5.32 Å². The number of alkyl carbamates (subject to hydrolysis) is 1. The number of amides is 1. The van der Waals surface area contributed by atoms with Crippen LogP contribution in [0.25, 0.3) is 0 Å². The molecule has 1 amide bonds. The Balaban J connectivity index is 2.02. The molecule has 1 aliphatic heterocycles. The summed E-state index contributed by atoms with van der Waals surface area (Å²) in [4.78, 5) is 10.9. The second kappa shape index (κ2) is 3.70. The summed E-state index contributed by atoms with van der Waals surface area (Å²) in [7, 11) is 0. The van der Waals surface area contributed by atoms with Crippen molar-refractivity contribution in [3.05, 3.63) is 35.9 Å². The van der Waals surface area contributed by atoms with E-state index in [1.807, 2.05) is 25.1 Å². The SMILES string of the molecule is CC1OC(=O)NC1Cc1ccccc1. The van der Waals surface area contributed by atoms with Crippen LogP contribution in [-0.2, 0) is 11.2 Å². The molecule has 1 aliphatic rings. The Bertz CT molecular complexity index is 323. The van der Waals surface area contributed by atoms with Gasteiger partial charge in [0.25, 0.3) is 0 Å². The van der Waals surface area contributed by atoms with E-state index in [1.165, 1.54) is 5.56 Å². The second-order valence-electron chi connectivity index (χ2n) is 3.55. The van der Waals surface area contributed by atoms with Crippen LogP contribution in [0.2, 0.25) is 0 Å². The van der Waals surface area contributed by atoms with Gasteiger partial charge < -0.3 is 10.1 Å². The second-order valence-corrected chi connectivity index (χ2v) is 3.55. The lowest BCUT2D eigenvalue weighted by atomic mass is 10.0. The fourth-order valence-electron chi connectivity index (χ4n) is 1.64. The third-order valence-corrected chi connectivity index (χ3v) is 2.46. The predicted molar refractivity (Wildman–Crippen MR) is 53.0 cm³/mol. The van der Waals surface area contributed by atoms with Gasteiger partial charge in [0, 0.05) is 0 Å². The monoisotopic (exact) mass is 191 g/mol. The molecule has 1 fully saturated rings. The molecule has 1 N–H and O–H groups in total. The molecule has 1 aromatic carbocycles. The number of benzene rings is 1. The van der Waals surface area contributed by atoms with Gasteiger partial charge in [0.15, 0.2) is 0 Å². The van der Waals surface area contributed by atoms with E-state index in [9.17, 15) is 4.79 Å². The molecular formula is C11H13NO2. The fourth-order valence-corrected chi connectivity index (χ4v) is 1.64. The number of carbonyl (C=O) groups is 1. The molecule has 14 heavy (non-hydrogen) atoms. The van der Waals surface area contributed by atoms with E-state index < -0.39 is 0 Å². The number of hydrogen-bond acceptors (Lipinski definition) is 2. The van der Waals surface area contributed by atoms with Gasteiger partial charge in [-0.05, 0) is 18.9 Å². The molecule has 1 saturated heterocycles. The molecule has 0 spiro atoms. The molecular weight excluding hydrogens is 178 g/mol. The first kappa shape index (κ1) is 9.06. The Kier molecular flexibility index (Phi) is 2.39. The van der Waals surface area contributed by atoms with Crippen LogP contribution in [0.5, 0.6) is 0 Å². The highest BCUT2D eigenvalue weighted by Crippen LogP contribution is 2.13. The van der Waals surface area contributed by atoms with Crippen molar-refractivity contribution in [1.29, 1.82) is 0 Å². The molecule has 74 valence electrons. The first-order valence-corrected chi connectivity index (χ1v) is 4.77. The summed E-state index contributed by atoms with van der Waals surface area (Å²) in [5.74, 6) is 0. The average molecular weight is 191 g/mol. The summed E-state index contributed by atoms with van der Waals surface area (Å²) in [5, 5.41) is 2.79. The third kappa shape index (κ3) is 1.87. The van der Waals surface area contributed by atoms with E-state index in [0.717, 1.165) is 6.42 Å². The smallest absolute Gasteiger partial charge is 0.407 e. The van der Waals surface area contributed by atoms with Crippen molar-refractivity contribution < 1.29 is 9.53 Å². The van der Waals surface area contributed by atoms with Crippen LogP contribution in [0.15, 0.2) is 30.3 Å². The molecule has 2 atom stereocenters. The van der Waals surface area contributed by atoms with Gasteiger partial charge in [-0.1, -0.05) is 30.3 Å². The third-order valence-electron chi connectivity index (χ3n) is 2.46. The first-order chi connectivity index (χ1) is 6.75. The highest BCUT2D eigenvalue weighted by Gasteiger charge is 2.29. The number of cyclic esters (lactones) is 1. The van der Waals surface area contributed by atoms with Crippen LogP contribution >= 0.6 is 0 Å². The van der Waals surface area contributed by atoms with Crippen molar-refractivity contribution in [1.82, 2.24) is 5.32 Å². The Hall–Kier alpha value is -1.51. The average Bonchev–Trinajstić information content (AvgIpc) is 2.47. The van der Waals surface area contributed by atoms with Crippen LogP contribution in [0.3, 0.4) is 0 Å². The summed E-state index contributed by atoms with van der Waals surface area (Å²) >= 11 is 0. The van der Waals surface area contributed by atoms with E-state index in [-0.39, 0.29) is 18.2 Å². The quantitative estimate of drug-likeness (QED) is 0.773. The minimum Gasteiger partial charge on any atom is -0.444 e. The van der Waals surface area contributed by atoms with Crippen molar-refractivity contribution in [3.63, 3.8) is 0 Å². The molecule has 2 rings (SSSR count). The van der Waals surface area contributed by atoms with Gasteiger partial charge in [-0.15, -0.1) is 0 Å². The largest absolute Gasteiger partial charge is 0.444 e. The number of ether oxygens (including phenoxy) is 1. The van der Waals surface area contributed by atoms with Gasteiger partial charge in [-0.3, -0.25) is 0 Å². The van der Waals surface area contributed by atoms with E-state index >= 15 is 0 Å². The first-order valence-electron chi connectivity index (χ1n) is 4.77. The molecule has 1 heterocycles. The lowest BCUT2D eigenvalue weighted by molar-refractivity contribution is 0.141. The fraction of sp³-hybridized carbons (Fsp3) is 0.364. The van der Waals surface area contributed by atoms with Crippen LogP contribution in [-0.4, -0.2) is 18.2 Å². The van der Waals surface area contributed by atoms with Crippen molar-refractivity contribution in [2.45, 2.75) is 25.5 Å².